The van der Waals surface area contributed by atoms with Crippen molar-refractivity contribution in [1.82, 2.24) is 0 Å². The minimum atomic E-state index is -0.260. The Kier molecular flexibility index (Phi) is 5.06. The molecule has 3 nitrogen and oxygen atoms in total. The lowest BCUT2D eigenvalue weighted by Gasteiger charge is -2.32. The largest absolute Gasteiger partial charge is 0.379 e. The van der Waals surface area contributed by atoms with Crippen molar-refractivity contribution >= 4 is 0 Å². The Balaban J connectivity index is 4.02. The summed E-state index contributed by atoms with van der Waals surface area (Å²) < 4.78 is 10.7. The number of nitrogens with two attached hydrogens (primary N) is 1. The summed E-state index contributed by atoms with van der Waals surface area (Å²) in [5.74, 6) is 0. The maximum absolute atomic E-state index is 6.04. The number of ether oxygens (including phenoxy) is 2. The van der Waals surface area contributed by atoms with Gasteiger partial charge in [0.05, 0.1) is 11.2 Å². The van der Waals surface area contributed by atoms with Crippen LogP contribution in [0.4, 0.5) is 0 Å². The van der Waals surface area contributed by atoms with Gasteiger partial charge in [0.15, 0.2) is 0 Å². The molecule has 0 aromatic heterocycles. The van der Waals surface area contributed by atoms with Gasteiger partial charge in [-0.3, -0.25) is 0 Å². The molecule has 0 saturated carbocycles. The van der Waals surface area contributed by atoms with Crippen molar-refractivity contribution < 1.29 is 9.47 Å². The molecule has 14 heavy (non-hydrogen) atoms. The van der Waals surface area contributed by atoms with Crippen LogP contribution in [-0.2, 0) is 9.47 Å². The van der Waals surface area contributed by atoms with Gasteiger partial charge in [0, 0.05) is 20.3 Å². The monoisotopic (exact) mass is 203 g/mol. The van der Waals surface area contributed by atoms with Gasteiger partial charge in [-0.15, -0.1) is 0 Å². The van der Waals surface area contributed by atoms with Crippen LogP contribution in [0.2, 0.25) is 0 Å². The SMILES string of the molecule is COC(C)(C)CCC(N)C(C)(C)OC. The Morgan fingerprint density at radius 3 is 1.93 bits per heavy atom. The second-order valence-electron chi connectivity index (χ2n) is 4.92. The molecule has 86 valence electrons. The molecule has 2 N–H and O–H groups in total. The highest BCUT2D eigenvalue weighted by Gasteiger charge is 2.28. The van der Waals surface area contributed by atoms with Crippen LogP contribution in [0.5, 0.6) is 0 Å². The van der Waals surface area contributed by atoms with Crippen molar-refractivity contribution in [2.24, 2.45) is 5.73 Å². The molecule has 0 aliphatic rings. The van der Waals surface area contributed by atoms with Crippen molar-refractivity contribution in [2.45, 2.75) is 57.8 Å². The van der Waals surface area contributed by atoms with Gasteiger partial charge in [0.2, 0.25) is 0 Å². The maximum atomic E-state index is 6.04. The zero-order valence-corrected chi connectivity index (χ0v) is 10.4. The highest BCUT2D eigenvalue weighted by Crippen LogP contribution is 2.21. The average Bonchev–Trinajstić information content (AvgIpc) is 2.14. The van der Waals surface area contributed by atoms with Crippen LogP contribution in [0, 0.1) is 0 Å². The maximum Gasteiger partial charge on any atom is 0.0772 e. The Morgan fingerprint density at radius 2 is 1.57 bits per heavy atom. The third kappa shape index (κ3) is 4.40. The van der Waals surface area contributed by atoms with Crippen LogP contribution in [-0.4, -0.2) is 31.5 Å². The summed E-state index contributed by atoms with van der Waals surface area (Å²) in [5, 5.41) is 0. The topological polar surface area (TPSA) is 44.5 Å². The Hall–Kier alpha value is -0.120. The van der Waals surface area contributed by atoms with Crippen molar-refractivity contribution in [1.29, 1.82) is 0 Å². The summed E-state index contributed by atoms with van der Waals surface area (Å²) in [6, 6.07) is 0.0434. The summed E-state index contributed by atoms with van der Waals surface area (Å²) in [5.41, 5.74) is 5.69. The van der Waals surface area contributed by atoms with Crippen molar-refractivity contribution in [3.05, 3.63) is 0 Å². The minimum Gasteiger partial charge on any atom is -0.379 e. The van der Waals surface area contributed by atoms with Crippen LogP contribution in [0.1, 0.15) is 40.5 Å². The van der Waals surface area contributed by atoms with E-state index in [1.165, 1.54) is 0 Å². The van der Waals surface area contributed by atoms with E-state index in [9.17, 15) is 0 Å². The zero-order chi connectivity index (χ0) is 11.4. The lowest BCUT2D eigenvalue weighted by molar-refractivity contribution is -0.0201. The second kappa shape index (κ2) is 5.10. The molecule has 0 aliphatic heterocycles. The predicted octanol–water partition coefficient (Wildman–Crippen LogP) is 1.94. The first-order chi connectivity index (χ1) is 6.25. The lowest BCUT2D eigenvalue weighted by atomic mass is 9.91. The van der Waals surface area contributed by atoms with Crippen LogP contribution in [0.3, 0.4) is 0 Å². The molecule has 0 fully saturated rings. The molecular formula is C11H25NO2. The fourth-order valence-corrected chi connectivity index (χ4v) is 1.10. The van der Waals surface area contributed by atoms with Gasteiger partial charge in [-0.2, -0.15) is 0 Å². The fraction of sp³-hybridized carbons (Fsp3) is 1.00. The van der Waals surface area contributed by atoms with E-state index in [4.69, 9.17) is 15.2 Å². The summed E-state index contributed by atoms with van der Waals surface area (Å²) >= 11 is 0. The first-order valence-electron chi connectivity index (χ1n) is 5.11. The van der Waals surface area contributed by atoms with E-state index in [2.05, 4.69) is 13.8 Å². The summed E-state index contributed by atoms with van der Waals surface area (Å²) in [6.45, 7) is 8.16. The lowest BCUT2D eigenvalue weighted by Crippen LogP contribution is -2.45. The van der Waals surface area contributed by atoms with Gasteiger partial charge < -0.3 is 15.2 Å². The van der Waals surface area contributed by atoms with Crippen molar-refractivity contribution in [2.75, 3.05) is 14.2 Å². The van der Waals surface area contributed by atoms with E-state index in [1.54, 1.807) is 14.2 Å². The number of hydrogen-bond acceptors (Lipinski definition) is 3. The van der Waals surface area contributed by atoms with Crippen molar-refractivity contribution in [3.8, 4) is 0 Å². The van der Waals surface area contributed by atoms with Gasteiger partial charge in [0.25, 0.3) is 0 Å². The molecule has 0 saturated heterocycles. The van der Waals surface area contributed by atoms with Crippen LogP contribution in [0.25, 0.3) is 0 Å². The molecule has 1 atom stereocenters. The van der Waals surface area contributed by atoms with Crippen LogP contribution in [0.15, 0.2) is 0 Å². The minimum absolute atomic E-state index is 0.0434. The first kappa shape index (κ1) is 13.9. The number of hydrogen-bond donors (Lipinski definition) is 1. The van der Waals surface area contributed by atoms with Crippen LogP contribution >= 0.6 is 0 Å². The van der Waals surface area contributed by atoms with E-state index < -0.39 is 0 Å². The molecule has 0 amide bonds. The second-order valence-corrected chi connectivity index (χ2v) is 4.92. The first-order valence-corrected chi connectivity index (χ1v) is 5.11. The van der Waals surface area contributed by atoms with Crippen LogP contribution < -0.4 is 5.73 Å². The number of methoxy groups -OCH3 is 2. The van der Waals surface area contributed by atoms with E-state index >= 15 is 0 Å². The van der Waals surface area contributed by atoms with E-state index in [0.29, 0.717) is 0 Å². The molecule has 0 spiro atoms. The third-order valence-electron chi connectivity index (χ3n) is 3.03. The molecule has 0 heterocycles. The quantitative estimate of drug-likeness (QED) is 0.717. The summed E-state index contributed by atoms with van der Waals surface area (Å²) in [7, 11) is 3.42. The van der Waals surface area contributed by atoms with E-state index in [0.717, 1.165) is 12.8 Å². The molecule has 0 aromatic rings. The number of rotatable bonds is 6. The van der Waals surface area contributed by atoms with Gasteiger partial charge >= 0.3 is 0 Å². The van der Waals surface area contributed by atoms with Gasteiger partial charge in [-0.25, -0.2) is 0 Å². The Morgan fingerprint density at radius 1 is 1.07 bits per heavy atom. The van der Waals surface area contributed by atoms with E-state index in [1.807, 2.05) is 13.8 Å². The molecular weight excluding hydrogens is 178 g/mol. The Bertz CT molecular complexity index is 167. The third-order valence-corrected chi connectivity index (χ3v) is 3.03. The van der Waals surface area contributed by atoms with Gasteiger partial charge in [-0.05, 0) is 40.5 Å². The fourth-order valence-electron chi connectivity index (χ4n) is 1.10. The van der Waals surface area contributed by atoms with E-state index in [-0.39, 0.29) is 17.2 Å². The van der Waals surface area contributed by atoms with Gasteiger partial charge in [-0.1, -0.05) is 0 Å². The molecule has 0 rings (SSSR count). The van der Waals surface area contributed by atoms with Crippen molar-refractivity contribution in [3.63, 3.8) is 0 Å². The average molecular weight is 203 g/mol. The highest BCUT2D eigenvalue weighted by molar-refractivity contribution is 4.84. The molecule has 1 unspecified atom stereocenters. The predicted molar refractivity (Wildman–Crippen MR) is 59.4 cm³/mol. The summed E-state index contributed by atoms with van der Waals surface area (Å²) in [6.07, 6.45) is 1.85. The smallest absolute Gasteiger partial charge is 0.0772 e. The normalized spacial score (nSPS) is 15.6. The Labute approximate surface area is 88.0 Å². The molecule has 3 heteroatoms. The molecule has 0 aromatic carbocycles. The molecule has 0 bridgehead atoms. The summed E-state index contributed by atoms with van der Waals surface area (Å²) in [4.78, 5) is 0. The zero-order valence-electron chi connectivity index (χ0n) is 10.4. The molecule has 0 aliphatic carbocycles. The molecule has 0 radical (unpaired) electrons. The standard InChI is InChI=1S/C11H25NO2/c1-10(2,13-5)8-7-9(12)11(3,4)14-6/h9H,7-8,12H2,1-6H3. The van der Waals surface area contributed by atoms with Gasteiger partial charge in [0.1, 0.15) is 0 Å². The highest BCUT2D eigenvalue weighted by atomic mass is 16.5.